The summed E-state index contributed by atoms with van der Waals surface area (Å²) in [4.78, 5) is 27.4. The van der Waals surface area contributed by atoms with Crippen molar-refractivity contribution in [2.45, 2.75) is 25.7 Å². The van der Waals surface area contributed by atoms with Gasteiger partial charge in [-0.15, -0.1) is 0 Å². The summed E-state index contributed by atoms with van der Waals surface area (Å²) in [5, 5.41) is 4.15. The lowest BCUT2D eigenvalue weighted by molar-refractivity contribution is -0.136. The van der Waals surface area contributed by atoms with Crippen molar-refractivity contribution in [1.29, 1.82) is 0 Å². The average molecular weight is 321 g/mol. The van der Waals surface area contributed by atoms with E-state index in [0.29, 0.717) is 6.54 Å². The van der Waals surface area contributed by atoms with Crippen molar-refractivity contribution in [3.05, 3.63) is 18.0 Å². The molecule has 2 amide bonds. The minimum atomic E-state index is -0.331. The molecule has 23 heavy (non-hydrogen) atoms. The summed E-state index contributed by atoms with van der Waals surface area (Å²) in [5.74, 6) is -0.181. The Labute approximate surface area is 137 Å². The van der Waals surface area contributed by atoms with E-state index in [9.17, 15) is 9.59 Å². The van der Waals surface area contributed by atoms with Gasteiger partial charge < -0.3 is 10.6 Å². The van der Waals surface area contributed by atoms with E-state index in [1.807, 2.05) is 36.3 Å². The molecule has 7 nitrogen and oxygen atoms in total. The number of nitrogens with two attached hydrogens (primary N) is 1. The summed E-state index contributed by atoms with van der Waals surface area (Å²) in [6.07, 6.45) is 7.54. The Morgan fingerprint density at radius 2 is 2.26 bits per heavy atom. The van der Waals surface area contributed by atoms with E-state index in [4.69, 9.17) is 5.73 Å². The van der Waals surface area contributed by atoms with Gasteiger partial charge in [-0.1, -0.05) is 0 Å². The topological polar surface area (TPSA) is 84.5 Å². The minimum Gasteiger partial charge on any atom is -0.369 e. The first kappa shape index (κ1) is 17.5. The van der Waals surface area contributed by atoms with E-state index < -0.39 is 0 Å². The second-order valence-electron chi connectivity index (χ2n) is 6.43. The van der Waals surface area contributed by atoms with Crippen LogP contribution in [0.4, 0.5) is 0 Å². The molecular formula is C16H27N5O2. The molecule has 1 saturated heterocycles. The molecule has 2 heterocycles. The lowest BCUT2D eigenvalue weighted by atomic mass is 9.96. The van der Waals surface area contributed by atoms with Gasteiger partial charge in [0, 0.05) is 33.4 Å². The van der Waals surface area contributed by atoms with Gasteiger partial charge in [0.2, 0.25) is 11.8 Å². The summed E-state index contributed by atoms with van der Waals surface area (Å²) < 4.78 is 1.79. The van der Waals surface area contributed by atoms with Gasteiger partial charge in [-0.05, 0) is 37.8 Å². The fraction of sp³-hybridized carbons (Fsp3) is 0.688. The molecule has 0 bridgehead atoms. The zero-order valence-corrected chi connectivity index (χ0v) is 14.1. The third-order valence-corrected chi connectivity index (χ3v) is 4.33. The van der Waals surface area contributed by atoms with Gasteiger partial charge in [0.05, 0.1) is 18.7 Å². The zero-order valence-electron chi connectivity index (χ0n) is 14.1. The van der Waals surface area contributed by atoms with Crippen LogP contribution in [0.1, 0.15) is 24.8 Å². The number of primary amides is 1. The van der Waals surface area contributed by atoms with Crippen LogP contribution < -0.4 is 5.73 Å². The second kappa shape index (κ2) is 8.10. The standard InChI is InChI=1S/C16H27N5O2/c1-19(7-3-5-13-9-18-20(2)10-13)16(23)14-6-4-8-21(11-14)12-15(17)22/h9-10,14H,3-8,11-12H2,1-2H3,(H2,17,22)/t14-/m0/s1. The van der Waals surface area contributed by atoms with Crippen molar-refractivity contribution in [3.63, 3.8) is 0 Å². The predicted octanol–water partition coefficient (Wildman–Crippen LogP) is 0.00840. The largest absolute Gasteiger partial charge is 0.369 e. The molecule has 0 aliphatic carbocycles. The first-order valence-electron chi connectivity index (χ1n) is 8.19. The average Bonchev–Trinajstić information content (AvgIpc) is 2.91. The molecule has 1 atom stereocenters. The SMILES string of the molecule is CN(CCCc1cnn(C)c1)C(=O)[C@H]1CCCN(CC(N)=O)C1. The highest BCUT2D eigenvalue weighted by atomic mass is 16.2. The Morgan fingerprint density at radius 1 is 1.48 bits per heavy atom. The van der Waals surface area contributed by atoms with Crippen molar-refractivity contribution < 1.29 is 9.59 Å². The van der Waals surface area contributed by atoms with E-state index >= 15 is 0 Å². The van der Waals surface area contributed by atoms with Crippen LogP contribution in [0.3, 0.4) is 0 Å². The quantitative estimate of drug-likeness (QED) is 0.766. The molecule has 0 radical (unpaired) electrons. The Bertz CT molecular complexity index is 542. The fourth-order valence-electron chi connectivity index (χ4n) is 3.16. The number of carbonyl (C=O) groups excluding carboxylic acids is 2. The van der Waals surface area contributed by atoms with Gasteiger partial charge >= 0.3 is 0 Å². The lowest BCUT2D eigenvalue weighted by Crippen LogP contribution is -2.46. The number of likely N-dealkylation sites (tertiary alicyclic amines) is 1. The molecule has 128 valence electrons. The van der Waals surface area contributed by atoms with Crippen LogP contribution in [0.15, 0.2) is 12.4 Å². The van der Waals surface area contributed by atoms with E-state index in [0.717, 1.165) is 38.8 Å². The van der Waals surface area contributed by atoms with Crippen LogP contribution in [0.2, 0.25) is 0 Å². The molecule has 2 N–H and O–H groups in total. The van der Waals surface area contributed by atoms with Crippen molar-refractivity contribution in [3.8, 4) is 0 Å². The number of amides is 2. The molecule has 7 heteroatoms. The number of nitrogens with zero attached hydrogens (tertiary/aromatic N) is 4. The molecular weight excluding hydrogens is 294 g/mol. The number of piperidine rings is 1. The summed E-state index contributed by atoms with van der Waals surface area (Å²) in [6, 6.07) is 0. The fourth-order valence-corrected chi connectivity index (χ4v) is 3.16. The Kier molecular flexibility index (Phi) is 6.15. The van der Waals surface area contributed by atoms with Crippen molar-refractivity contribution in [2.24, 2.45) is 18.7 Å². The Morgan fingerprint density at radius 3 is 2.91 bits per heavy atom. The molecule has 2 rings (SSSR count). The van der Waals surface area contributed by atoms with Crippen LogP contribution in [0.25, 0.3) is 0 Å². The maximum atomic E-state index is 12.5. The van der Waals surface area contributed by atoms with Crippen LogP contribution in [0, 0.1) is 5.92 Å². The molecule has 1 aromatic heterocycles. The molecule has 1 aliphatic rings. The highest BCUT2D eigenvalue weighted by molar-refractivity contribution is 5.79. The van der Waals surface area contributed by atoms with E-state index in [1.165, 1.54) is 5.56 Å². The number of aryl methyl sites for hydroxylation is 2. The second-order valence-corrected chi connectivity index (χ2v) is 6.43. The molecule has 0 aromatic carbocycles. The third kappa shape index (κ3) is 5.35. The van der Waals surface area contributed by atoms with Crippen molar-refractivity contribution >= 4 is 11.8 Å². The van der Waals surface area contributed by atoms with Gasteiger partial charge in [0.25, 0.3) is 0 Å². The van der Waals surface area contributed by atoms with Gasteiger partial charge in [-0.25, -0.2) is 0 Å². The van der Waals surface area contributed by atoms with Gasteiger partial charge in [0.1, 0.15) is 0 Å². The van der Waals surface area contributed by atoms with Crippen molar-refractivity contribution in [1.82, 2.24) is 19.6 Å². The molecule has 1 fully saturated rings. The summed E-state index contributed by atoms with van der Waals surface area (Å²) in [5.41, 5.74) is 6.44. The first-order valence-corrected chi connectivity index (χ1v) is 8.19. The summed E-state index contributed by atoms with van der Waals surface area (Å²) in [6.45, 7) is 2.46. The summed E-state index contributed by atoms with van der Waals surface area (Å²) >= 11 is 0. The highest BCUT2D eigenvalue weighted by Crippen LogP contribution is 2.18. The molecule has 0 saturated carbocycles. The molecule has 0 spiro atoms. The number of rotatable bonds is 7. The van der Waals surface area contributed by atoms with Crippen molar-refractivity contribution in [2.75, 3.05) is 33.2 Å². The summed E-state index contributed by atoms with van der Waals surface area (Å²) in [7, 11) is 3.76. The van der Waals surface area contributed by atoms with Crippen LogP contribution in [-0.2, 0) is 23.1 Å². The number of carbonyl (C=O) groups is 2. The number of aromatic nitrogens is 2. The van der Waals surface area contributed by atoms with Crippen LogP contribution in [0.5, 0.6) is 0 Å². The maximum Gasteiger partial charge on any atom is 0.231 e. The maximum absolute atomic E-state index is 12.5. The highest BCUT2D eigenvalue weighted by Gasteiger charge is 2.28. The molecule has 1 aromatic rings. The first-order chi connectivity index (χ1) is 11.0. The number of hydrogen-bond acceptors (Lipinski definition) is 4. The molecule has 0 unspecified atom stereocenters. The Balaban J connectivity index is 1.76. The number of hydrogen-bond donors (Lipinski definition) is 1. The van der Waals surface area contributed by atoms with E-state index in [-0.39, 0.29) is 24.3 Å². The monoisotopic (exact) mass is 321 g/mol. The minimum absolute atomic E-state index is 0.0218. The normalized spacial score (nSPS) is 18.8. The molecule has 1 aliphatic heterocycles. The van der Waals surface area contributed by atoms with E-state index in [1.54, 1.807) is 4.68 Å². The van der Waals surface area contributed by atoms with Gasteiger partial charge in [-0.3, -0.25) is 19.2 Å². The van der Waals surface area contributed by atoms with Crippen LogP contribution in [-0.4, -0.2) is 64.6 Å². The van der Waals surface area contributed by atoms with E-state index in [2.05, 4.69) is 5.10 Å². The predicted molar refractivity (Wildman–Crippen MR) is 87.5 cm³/mol. The smallest absolute Gasteiger partial charge is 0.231 e. The zero-order chi connectivity index (χ0) is 16.8. The van der Waals surface area contributed by atoms with Gasteiger partial charge in [-0.2, -0.15) is 5.10 Å². The van der Waals surface area contributed by atoms with Gasteiger partial charge in [0.15, 0.2) is 0 Å². The van der Waals surface area contributed by atoms with Crippen LogP contribution >= 0.6 is 0 Å². The lowest BCUT2D eigenvalue weighted by Gasteiger charge is -2.33. The Hall–Kier alpha value is -1.89. The third-order valence-electron chi connectivity index (χ3n) is 4.33.